The molecule has 0 saturated carbocycles. The fraction of sp³-hybridized carbons (Fsp3) is 0.524. The maximum Gasteiger partial charge on any atom is 0.267 e. The topological polar surface area (TPSA) is 79.2 Å². The van der Waals surface area contributed by atoms with Crippen LogP contribution in [0.2, 0.25) is 0 Å². The number of rotatable bonds is 11. The maximum atomic E-state index is 11.1. The molecule has 0 aliphatic carbocycles. The van der Waals surface area contributed by atoms with Gasteiger partial charge in [0.15, 0.2) is 0 Å². The number of allylic oxidation sites excluding steroid dienone is 4. The van der Waals surface area contributed by atoms with Gasteiger partial charge in [0.1, 0.15) is 5.82 Å². The lowest BCUT2D eigenvalue weighted by Gasteiger charge is -2.09. The number of nitrogens with zero attached hydrogens (tertiary/aromatic N) is 2. The number of aryl methyl sites for hydroxylation is 1. The van der Waals surface area contributed by atoms with Crippen LogP contribution in [0.25, 0.3) is 6.20 Å². The Morgan fingerprint density at radius 2 is 2.15 bits per heavy atom. The zero-order valence-electron chi connectivity index (χ0n) is 16.5. The second-order valence-electron chi connectivity index (χ2n) is 6.81. The number of fused-ring (bicyclic) bond motifs is 1. The maximum absolute atomic E-state index is 11.1. The Balaban J connectivity index is 2.11. The lowest BCUT2D eigenvalue weighted by atomic mass is 10.1. The van der Waals surface area contributed by atoms with Crippen molar-refractivity contribution in [2.75, 3.05) is 6.54 Å². The Morgan fingerprint density at radius 1 is 1.33 bits per heavy atom. The van der Waals surface area contributed by atoms with Gasteiger partial charge < -0.3 is 9.88 Å². The SMILES string of the molecule is CCCCNCc1c(CCCC)nc2n1C=CC(C/C=C/C(=O)NO)=CC2. The number of aromatic nitrogens is 2. The van der Waals surface area contributed by atoms with E-state index < -0.39 is 5.91 Å². The van der Waals surface area contributed by atoms with Crippen molar-refractivity contribution in [2.24, 2.45) is 0 Å². The molecule has 0 bridgehead atoms. The fourth-order valence-corrected chi connectivity index (χ4v) is 3.08. The molecule has 2 heterocycles. The molecule has 0 spiro atoms. The van der Waals surface area contributed by atoms with E-state index in [2.05, 4.69) is 42.1 Å². The molecule has 6 heteroatoms. The minimum Gasteiger partial charge on any atom is -0.311 e. The average Bonchev–Trinajstić information content (AvgIpc) is 2.88. The molecule has 1 aromatic rings. The van der Waals surface area contributed by atoms with Gasteiger partial charge >= 0.3 is 0 Å². The Hall–Kier alpha value is -2.18. The minimum atomic E-state index is -0.512. The van der Waals surface area contributed by atoms with Gasteiger partial charge in [-0.3, -0.25) is 10.0 Å². The van der Waals surface area contributed by atoms with Crippen LogP contribution in [0.4, 0.5) is 0 Å². The first kappa shape index (κ1) is 21.1. The molecule has 2 rings (SSSR count). The molecular weight excluding hydrogens is 340 g/mol. The molecule has 0 saturated heterocycles. The van der Waals surface area contributed by atoms with E-state index >= 15 is 0 Å². The Bertz CT molecular complexity index is 701. The summed E-state index contributed by atoms with van der Waals surface area (Å²) in [4.78, 5) is 16.0. The summed E-state index contributed by atoms with van der Waals surface area (Å²) in [6, 6.07) is 0. The highest BCUT2D eigenvalue weighted by Gasteiger charge is 2.16. The van der Waals surface area contributed by atoms with E-state index in [0.717, 1.165) is 43.7 Å². The molecule has 1 aromatic heterocycles. The molecule has 0 aromatic carbocycles. The van der Waals surface area contributed by atoms with Crippen molar-refractivity contribution in [1.82, 2.24) is 20.3 Å². The Morgan fingerprint density at radius 3 is 2.89 bits per heavy atom. The van der Waals surface area contributed by atoms with Crippen LogP contribution in [0.15, 0.2) is 29.9 Å². The van der Waals surface area contributed by atoms with Gasteiger partial charge in [0, 0.05) is 25.2 Å². The van der Waals surface area contributed by atoms with Gasteiger partial charge in [0.25, 0.3) is 5.91 Å². The summed E-state index contributed by atoms with van der Waals surface area (Å²) in [6.07, 6.45) is 16.5. The predicted octanol–water partition coefficient (Wildman–Crippen LogP) is 3.52. The molecule has 27 heavy (non-hydrogen) atoms. The Labute approximate surface area is 162 Å². The van der Waals surface area contributed by atoms with E-state index in [4.69, 9.17) is 10.2 Å². The van der Waals surface area contributed by atoms with Crippen LogP contribution in [0.5, 0.6) is 0 Å². The number of hydroxylamine groups is 1. The number of carbonyl (C=O) groups is 1. The van der Waals surface area contributed by atoms with Gasteiger partial charge in [-0.1, -0.05) is 38.8 Å². The van der Waals surface area contributed by atoms with Crippen LogP contribution in [0.1, 0.15) is 63.2 Å². The summed E-state index contributed by atoms with van der Waals surface area (Å²) in [5.41, 5.74) is 5.19. The first-order chi connectivity index (χ1) is 13.2. The van der Waals surface area contributed by atoms with Crippen LogP contribution in [0.3, 0.4) is 0 Å². The highest BCUT2D eigenvalue weighted by Crippen LogP contribution is 2.21. The lowest BCUT2D eigenvalue weighted by molar-refractivity contribution is -0.124. The van der Waals surface area contributed by atoms with Crippen molar-refractivity contribution in [3.05, 3.63) is 47.1 Å². The van der Waals surface area contributed by atoms with Crippen molar-refractivity contribution < 1.29 is 10.0 Å². The van der Waals surface area contributed by atoms with Gasteiger partial charge in [-0.2, -0.15) is 0 Å². The fourth-order valence-electron chi connectivity index (χ4n) is 3.08. The molecule has 0 radical (unpaired) electrons. The van der Waals surface area contributed by atoms with Gasteiger partial charge in [-0.15, -0.1) is 0 Å². The monoisotopic (exact) mass is 372 g/mol. The Kier molecular flexibility index (Phi) is 9.01. The quantitative estimate of drug-likeness (QED) is 0.240. The number of hydrogen-bond donors (Lipinski definition) is 3. The van der Waals surface area contributed by atoms with E-state index in [0.29, 0.717) is 6.42 Å². The van der Waals surface area contributed by atoms with Crippen LogP contribution >= 0.6 is 0 Å². The summed E-state index contributed by atoms with van der Waals surface area (Å²) in [6.45, 7) is 6.27. The van der Waals surface area contributed by atoms with E-state index in [9.17, 15) is 4.79 Å². The normalized spacial score (nSPS) is 13.5. The van der Waals surface area contributed by atoms with Gasteiger partial charge in [0.05, 0.1) is 11.4 Å². The molecule has 1 aliphatic rings. The van der Waals surface area contributed by atoms with E-state index in [1.807, 2.05) is 0 Å². The lowest BCUT2D eigenvalue weighted by Crippen LogP contribution is -2.17. The molecule has 6 nitrogen and oxygen atoms in total. The molecule has 148 valence electrons. The summed E-state index contributed by atoms with van der Waals surface area (Å²) in [5, 5.41) is 12.1. The number of nitrogens with one attached hydrogen (secondary N) is 2. The van der Waals surface area contributed by atoms with Crippen LogP contribution in [-0.4, -0.2) is 27.2 Å². The van der Waals surface area contributed by atoms with Gasteiger partial charge in [-0.25, -0.2) is 10.5 Å². The smallest absolute Gasteiger partial charge is 0.267 e. The molecule has 0 unspecified atom stereocenters. The highest BCUT2D eigenvalue weighted by atomic mass is 16.5. The van der Waals surface area contributed by atoms with Crippen molar-refractivity contribution >= 4 is 12.1 Å². The third-order valence-electron chi connectivity index (χ3n) is 4.65. The van der Waals surface area contributed by atoms with Crippen molar-refractivity contribution in [3.63, 3.8) is 0 Å². The minimum absolute atomic E-state index is 0.512. The summed E-state index contributed by atoms with van der Waals surface area (Å²) < 4.78 is 2.22. The third kappa shape index (κ3) is 6.48. The van der Waals surface area contributed by atoms with Crippen molar-refractivity contribution in [3.8, 4) is 0 Å². The highest BCUT2D eigenvalue weighted by molar-refractivity contribution is 5.86. The van der Waals surface area contributed by atoms with E-state index in [-0.39, 0.29) is 0 Å². The zero-order chi connectivity index (χ0) is 19.5. The second-order valence-corrected chi connectivity index (χ2v) is 6.81. The summed E-state index contributed by atoms with van der Waals surface area (Å²) >= 11 is 0. The molecular formula is C21H32N4O2. The number of unbranched alkanes of at least 4 members (excludes halogenated alkanes) is 2. The largest absolute Gasteiger partial charge is 0.311 e. The van der Waals surface area contributed by atoms with Crippen LogP contribution in [-0.2, 0) is 24.2 Å². The standard InChI is InChI=1S/C21H32N4O2/c1-3-5-9-18-19(16-22-14-6-4-2)25-15-13-17(11-12-20(25)23-18)8-7-10-21(26)24-27/h7,10-11,13,15,22,27H,3-6,8-9,12,14,16H2,1-2H3,(H,24,26)/b10-7+. The first-order valence-electron chi connectivity index (χ1n) is 9.97. The zero-order valence-corrected chi connectivity index (χ0v) is 16.5. The molecule has 3 N–H and O–H groups in total. The molecule has 1 aliphatic heterocycles. The average molecular weight is 373 g/mol. The predicted molar refractivity (Wildman–Crippen MR) is 108 cm³/mol. The molecule has 0 fully saturated rings. The summed E-state index contributed by atoms with van der Waals surface area (Å²) in [7, 11) is 0. The van der Waals surface area contributed by atoms with E-state index in [1.54, 1.807) is 11.6 Å². The molecule has 1 amide bonds. The number of amides is 1. The van der Waals surface area contributed by atoms with Crippen molar-refractivity contribution in [1.29, 1.82) is 0 Å². The molecule has 0 atom stereocenters. The van der Waals surface area contributed by atoms with Crippen LogP contribution in [0, 0.1) is 0 Å². The number of hydrogen-bond acceptors (Lipinski definition) is 4. The first-order valence-corrected chi connectivity index (χ1v) is 9.97. The second kappa shape index (κ2) is 11.5. The van der Waals surface area contributed by atoms with Gasteiger partial charge in [-0.05, 0) is 43.9 Å². The van der Waals surface area contributed by atoms with E-state index in [1.165, 1.54) is 36.7 Å². The van der Waals surface area contributed by atoms with Crippen LogP contribution < -0.4 is 10.8 Å². The third-order valence-corrected chi connectivity index (χ3v) is 4.65. The number of carbonyl (C=O) groups excluding carboxylic acids is 1. The van der Waals surface area contributed by atoms with Crippen molar-refractivity contribution in [2.45, 2.75) is 65.3 Å². The van der Waals surface area contributed by atoms with Gasteiger partial charge in [0.2, 0.25) is 0 Å². The summed E-state index contributed by atoms with van der Waals surface area (Å²) in [5.74, 6) is 0.555. The number of imidazole rings is 1.